The number of hydrogen-bond acceptors (Lipinski definition) is 2. The van der Waals surface area contributed by atoms with Crippen molar-refractivity contribution >= 4 is 29.6 Å². The van der Waals surface area contributed by atoms with E-state index in [-0.39, 0.29) is 6.98 Å². The van der Waals surface area contributed by atoms with Gasteiger partial charge in [-0.25, -0.2) is 4.57 Å². The highest BCUT2D eigenvalue weighted by atomic mass is 15.3. The van der Waals surface area contributed by atoms with E-state index in [0.29, 0.717) is 5.56 Å². The Balaban J connectivity index is 1.70. The maximum atomic E-state index is 8.28. The van der Waals surface area contributed by atoms with Gasteiger partial charge in [0.1, 0.15) is 5.69 Å². The van der Waals surface area contributed by atoms with E-state index in [1.807, 2.05) is 38.4 Å². The van der Waals surface area contributed by atoms with Gasteiger partial charge in [0, 0.05) is 15.6 Å². The highest BCUT2D eigenvalue weighted by Crippen LogP contribution is 2.44. The normalized spacial score (nSPS) is 14.2. The second-order valence-corrected chi connectivity index (χ2v) is 10.1. The second-order valence-electron chi connectivity index (χ2n) is 10.1. The van der Waals surface area contributed by atoms with Crippen LogP contribution in [0.15, 0.2) is 109 Å². The van der Waals surface area contributed by atoms with Crippen molar-refractivity contribution in [3.05, 3.63) is 126 Å². The van der Waals surface area contributed by atoms with Gasteiger partial charge < -0.3 is 4.81 Å². The number of benzene rings is 4. The van der Waals surface area contributed by atoms with Crippen LogP contribution in [0.3, 0.4) is 0 Å². The molecule has 1 aliphatic heterocycles. The summed E-state index contributed by atoms with van der Waals surface area (Å²) in [5.74, 6) is 0.827. The Labute approximate surface area is 231 Å². The maximum Gasteiger partial charge on any atom is 0.538 e. The molecular weight excluding hydrogens is 461 g/mol. The number of para-hydroxylation sites is 1. The van der Waals surface area contributed by atoms with Crippen molar-refractivity contribution < 1.29 is 8.68 Å². The smallest absolute Gasteiger partial charge is 0.369 e. The van der Waals surface area contributed by atoms with Crippen molar-refractivity contribution in [2.45, 2.75) is 20.7 Å². The fourth-order valence-corrected chi connectivity index (χ4v) is 5.82. The Morgan fingerprint density at radius 1 is 0.711 bits per heavy atom. The fraction of sp³-hybridized carbons (Fsp3) is 0.147. The minimum atomic E-state index is -2.22. The van der Waals surface area contributed by atoms with Gasteiger partial charge in [-0.1, -0.05) is 91.0 Å². The first-order valence-corrected chi connectivity index (χ1v) is 13.0. The molecule has 0 radical (unpaired) electrons. The molecule has 6 rings (SSSR count). The van der Waals surface area contributed by atoms with Crippen LogP contribution in [0.25, 0.3) is 22.3 Å². The Morgan fingerprint density at radius 2 is 1.32 bits per heavy atom. The van der Waals surface area contributed by atoms with Gasteiger partial charge in [0.2, 0.25) is 0 Å². The monoisotopic (exact) mass is 497 g/mol. The first-order chi connectivity index (χ1) is 19.7. The predicted molar refractivity (Wildman–Crippen MR) is 162 cm³/mol. The average molecular weight is 497 g/mol. The summed E-state index contributed by atoms with van der Waals surface area (Å²) < 4.78 is 26.9. The SMILES string of the molecule is [2H]C([2H])([2H])c1cc(N2B(c3c(-c4ccccc4)cccc3-c3ccccc3)N(C)c3cccc(C)c32)[n+](C)cc1C. The number of hydrogen-bond donors (Lipinski definition) is 0. The average Bonchev–Trinajstić information content (AvgIpc) is 3.25. The summed E-state index contributed by atoms with van der Waals surface area (Å²) in [5, 5.41) is 0. The van der Waals surface area contributed by atoms with E-state index in [2.05, 4.69) is 113 Å². The molecule has 2 heterocycles. The van der Waals surface area contributed by atoms with Crippen LogP contribution in [0, 0.1) is 20.7 Å². The van der Waals surface area contributed by atoms with Crippen molar-refractivity contribution in [3.63, 3.8) is 0 Å². The van der Waals surface area contributed by atoms with Crippen LogP contribution in [0.4, 0.5) is 17.2 Å². The Bertz CT molecular complexity index is 1680. The van der Waals surface area contributed by atoms with E-state index >= 15 is 0 Å². The van der Waals surface area contributed by atoms with Crippen LogP contribution in [-0.2, 0) is 7.05 Å². The van der Waals surface area contributed by atoms with Crippen LogP contribution in [0.1, 0.15) is 20.8 Å². The van der Waals surface area contributed by atoms with Crippen molar-refractivity contribution in [1.82, 2.24) is 0 Å². The summed E-state index contributed by atoms with van der Waals surface area (Å²) in [6.07, 6.45) is 1.94. The van der Waals surface area contributed by atoms with Crippen LogP contribution in [-0.4, -0.2) is 14.0 Å². The number of nitrogens with zero attached hydrogens (tertiary/aromatic N) is 3. The zero-order chi connectivity index (χ0) is 28.9. The van der Waals surface area contributed by atoms with Crippen LogP contribution < -0.4 is 19.7 Å². The van der Waals surface area contributed by atoms with Gasteiger partial charge in [-0.3, -0.25) is 4.81 Å². The number of anilines is 3. The number of aryl methyl sites for hydroxylation is 4. The lowest BCUT2D eigenvalue weighted by atomic mass is 9.60. The third-order valence-corrected chi connectivity index (χ3v) is 7.68. The minimum Gasteiger partial charge on any atom is -0.369 e. The van der Waals surface area contributed by atoms with Gasteiger partial charge in [0.15, 0.2) is 0 Å². The Hall–Kier alpha value is -4.31. The second kappa shape index (κ2) is 9.53. The van der Waals surface area contributed by atoms with Crippen LogP contribution in [0.2, 0.25) is 0 Å². The lowest BCUT2D eigenvalue weighted by molar-refractivity contribution is -0.658. The highest BCUT2D eigenvalue weighted by Gasteiger charge is 2.51. The van der Waals surface area contributed by atoms with Crippen molar-refractivity contribution in [3.8, 4) is 22.3 Å². The molecule has 0 saturated carbocycles. The molecule has 0 unspecified atom stereocenters. The van der Waals surface area contributed by atoms with E-state index in [9.17, 15) is 0 Å². The number of pyridine rings is 1. The van der Waals surface area contributed by atoms with Gasteiger partial charge in [-0.2, -0.15) is 0 Å². The quantitative estimate of drug-likeness (QED) is 0.201. The largest absolute Gasteiger partial charge is 0.538 e. The molecule has 0 spiro atoms. The van der Waals surface area contributed by atoms with Gasteiger partial charge in [-0.15, -0.1) is 0 Å². The van der Waals surface area contributed by atoms with Crippen molar-refractivity contribution in [2.24, 2.45) is 7.05 Å². The molecule has 0 amide bonds. The third kappa shape index (κ3) is 3.88. The van der Waals surface area contributed by atoms with Crippen molar-refractivity contribution in [2.75, 3.05) is 16.7 Å². The molecule has 3 nitrogen and oxygen atoms in total. The van der Waals surface area contributed by atoms with Gasteiger partial charge >= 0.3 is 6.98 Å². The first-order valence-electron chi connectivity index (χ1n) is 14.5. The lowest BCUT2D eigenvalue weighted by Gasteiger charge is -2.26. The summed E-state index contributed by atoms with van der Waals surface area (Å²) in [5.41, 5.74) is 10.2. The summed E-state index contributed by atoms with van der Waals surface area (Å²) in [6.45, 7) is 1.54. The number of aromatic nitrogens is 1. The lowest BCUT2D eigenvalue weighted by Crippen LogP contribution is -2.57. The van der Waals surface area contributed by atoms with Crippen LogP contribution in [0.5, 0.6) is 0 Å². The summed E-state index contributed by atoms with van der Waals surface area (Å²) in [4.78, 5) is 4.65. The van der Waals surface area contributed by atoms with Crippen LogP contribution >= 0.6 is 0 Å². The predicted octanol–water partition coefficient (Wildman–Crippen LogP) is 6.75. The summed E-state index contributed by atoms with van der Waals surface area (Å²) in [6, 6.07) is 35.8. The Morgan fingerprint density at radius 3 is 1.92 bits per heavy atom. The number of rotatable bonds is 4. The minimum absolute atomic E-state index is 0.240. The van der Waals surface area contributed by atoms with Crippen molar-refractivity contribution in [1.29, 1.82) is 0 Å². The standard InChI is InChI=1S/C34H33BN3/c1-24-14-12-21-31-34(24)38(32-22-25(2)26(3)23-36(32)4)35(37(31)5)33-29(27-15-8-6-9-16-27)19-13-20-30(33)28-17-10-7-11-18-28/h6-23H,1-5H3/q+1/i2D3. The van der Waals surface area contributed by atoms with Gasteiger partial charge in [-0.05, 0) is 72.8 Å². The molecule has 0 aliphatic carbocycles. The highest BCUT2D eigenvalue weighted by molar-refractivity contribution is 6.85. The third-order valence-electron chi connectivity index (χ3n) is 7.68. The molecule has 1 aliphatic rings. The zero-order valence-electron chi connectivity index (χ0n) is 25.3. The van der Waals surface area contributed by atoms with E-state index in [1.165, 1.54) is 5.46 Å². The molecule has 4 heteroatoms. The molecule has 1 aromatic heterocycles. The molecular formula is C34H33BN3+. The van der Waals surface area contributed by atoms with Gasteiger partial charge in [0.05, 0.1) is 18.9 Å². The molecule has 0 fully saturated rings. The molecule has 186 valence electrons. The number of fused-ring (bicyclic) bond motifs is 1. The molecule has 38 heavy (non-hydrogen) atoms. The summed E-state index contributed by atoms with van der Waals surface area (Å²) >= 11 is 0. The first kappa shape index (κ1) is 20.7. The molecule has 4 aromatic carbocycles. The molecule has 0 atom stereocenters. The summed E-state index contributed by atoms with van der Waals surface area (Å²) in [7, 11) is 4.14. The molecule has 0 N–H and O–H groups in total. The molecule has 5 aromatic rings. The fourth-order valence-electron chi connectivity index (χ4n) is 5.82. The topological polar surface area (TPSA) is 10.4 Å². The zero-order valence-corrected chi connectivity index (χ0v) is 22.3. The van der Waals surface area contributed by atoms with E-state index in [1.54, 1.807) is 0 Å². The van der Waals surface area contributed by atoms with E-state index in [4.69, 9.17) is 4.11 Å². The molecule has 0 bridgehead atoms. The molecule has 0 saturated heterocycles. The van der Waals surface area contributed by atoms with E-state index in [0.717, 1.165) is 50.6 Å². The maximum absolute atomic E-state index is 8.28. The Kier molecular flexibility index (Phi) is 5.20. The van der Waals surface area contributed by atoms with E-state index < -0.39 is 6.85 Å². The van der Waals surface area contributed by atoms with Gasteiger partial charge in [0.25, 0.3) is 5.82 Å².